The number of nitrogens with zero attached hydrogens (tertiary/aromatic N) is 1. The van der Waals surface area contributed by atoms with E-state index in [2.05, 4.69) is 21.2 Å². The summed E-state index contributed by atoms with van der Waals surface area (Å²) >= 11 is 9.95. The van der Waals surface area contributed by atoms with Crippen LogP contribution in [0, 0.1) is 19.7 Å². The highest BCUT2D eigenvalue weighted by atomic mass is 79.9. The molecule has 0 atom stereocenters. The van der Waals surface area contributed by atoms with Crippen molar-refractivity contribution in [2.75, 3.05) is 23.9 Å². The molecule has 1 saturated heterocycles. The van der Waals surface area contributed by atoms with Gasteiger partial charge in [0.1, 0.15) is 5.82 Å². The van der Waals surface area contributed by atoms with E-state index < -0.39 is 5.82 Å². The molecule has 0 saturated carbocycles. The lowest BCUT2D eigenvalue weighted by molar-refractivity contribution is -0.118. The highest BCUT2D eigenvalue weighted by Gasteiger charge is 2.33. The molecular formula is C27H22BrFN2O4S2. The number of benzene rings is 3. The SMILES string of the molecule is COc1cc(C=C2SC(=S)N(c3cccc(F)c3)C2=O)ccc1OCC(=O)Nc1cc(C)c(C)cc1Br. The molecule has 0 radical (unpaired) electrons. The van der Waals surface area contributed by atoms with Gasteiger partial charge in [0.05, 0.1) is 23.4 Å². The average molecular weight is 602 g/mol. The van der Waals surface area contributed by atoms with Gasteiger partial charge in [-0.25, -0.2) is 4.39 Å². The van der Waals surface area contributed by atoms with Crippen LogP contribution in [0.1, 0.15) is 16.7 Å². The number of aryl methyl sites for hydroxylation is 2. The van der Waals surface area contributed by atoms with Gasteiger partial charge in [-0.2, -0.15) is 0 Å². The molecule has 37 heavy (non-hydrogen) atoms. The number of hydrogen-bond acceptors (Lipinski definition) is 6. The standard InChI is InChI=1S/C27H22BrFN2O4S2/c1-15-9-20(28)21(10-16(15)2)30-25(32)14-35-22-8-7-17(11-23(22)34-3)12-24-26(33)31(27(36)37-24)19-6-4-5-18(29)13-19/h4-13H,14H2,1-3H3,(H,30,32). The molecule has 10 heteroatoms. The van der Waals surface area contributed by atoms with Crippen molar-refractivity contribution in [3.63, 3.8) is 0 Å². The zero-order chi connectivity index (χ0) is 26.7. The minimum Gasteiger partial charge on any atom is -0.493 e. The quantitative estimate of drug-likeness (QED) is 0.242. The maximum Gasteiger partial charge on any atom is 0.270 e. The van der Waals surface area contributed by atoms with E-state index in [1.54, 1.807) is 30.3 Å². The van der Waals surface area contributed by atoms with E-state index in [9.17, 15) is 14.0 Å². The molecule has 0 spiro atoms. The highest BCUT2D eigenvalue weighted by Crippen LogP contribution is 2.37. The van der Waals surface area contributed by atoms with Gasteiger partial charge in [-0.1, -0.05) is 36.1 Å². The van der Waals surface area contributed by atoms with Crippen LogP contribution < -0.4 is 19.7 Å². The number of carbonyl (C=O) groups excluding carboxylic acids is 2. The van der Waals surface area contributed by atoms with Crippen LogP contribution in [-0.4, -0.2) is 29.9 Å². The van der Waals surface area contributed by atoms with Crippen LogP contribution in [0.4, 0.5) is 15.8 Å². The molecular weight excluding hydrogens is 579 g/mol. The van der Waals surface area contributed by atoms with Gasteiger partial charge in [-0.3, -0.25) is 14.5 Å². The van der Waals surface area contributed by atoms with Crippen LogP contribution in [0.15, 0.2) is 64.0 Å². The normalized spacial score (nSPS) is 14.3. The Kier molecular flexibility index (Phi) is 8.31. The number of ether oxygens (including phenoxy) is 2. The minimum atomic E-state index is -0.453. The van der Waals surface area contributed by atoms with Crippen molar-refractivity contribution in [3.8, 4) is 11.5 Å². The number of thioether (sulfide) groups is 1. The number of methoxy groups -OCH3 is 1. The summed E-state index contributed by atoms with van der Waals surface area (Å²) in [5, 5.41) is 2.83. The van der Waals surface area contributed by atoms with Crippen molar-refractivity contribution in [2.24, 2.45) is 0 Å². The molecule has 0 aliphatic carbocycles. The van der Waals surface area contributed by atoms with Crippen LogP contribution in [0.3, 0.4) is 0 Å². The second-order valence-corrected chi connectivity index (χ2v) is 10.7. The summed E-state index contributed by atoms with van der Waals surface area (Å²) in [7, 11) is 1.49. The van der Waals surface area contributed by atoms with Crippen molar-refractivity contribution in [1.29, 1.82) is 0 Å². The molecule has 1 aliphatic heterocycles. The Morgan fingerprint density at radius 1 is 1.14 bits per heavy atom. The summed E-state index contributed by atoms with van der Waals surface area (Å²) in [5.41, 5.74) is 3.88. The molecule has 6 nitrogen and oxygen atoms in total. The molecule has 1 aliphatic rings. The Morgan fingerprint density at radius 2 is 1.89 bits per heavy atom. The number of rotatable bonds is 7. The van der Waals surface area contributed by atoms with Gasteiger partial charge in [0, 0.05) is 4.47 Å². The number of carbonyl (C=O) groups is 2. The van der Waals surface area contributed by atoms with Crippen molar-refractivity contribution in [2.45, 2.75) is 13.8 Å². The first-order valence-corrected chi connectivity index (χ1v) is 13.1. The number of nitrogens with one attached hydrogen (secondary N) is 1. The van der Waals surface area contributed by atoms with Crippen LogP contribution in [0.25, 0.3) is 6.08 Å². The van der Waals surface area contributed by atoms with Crippen LogP contribution in [-0.2, 0) is 9.59 Å². The Hall–Kier alpha value is -3.21. The predicted octanol–water partition coefficient (Wildman–Crippen LogP) is 6.64. The summed E-state index contributed by atoms with van der Waals surface area (Å²) in [6, 6.07) is 14.7. The number of thiocarbonyl (C=S) groups is 1. The first-order valence-electron chi connectivity index (χ1n) is 11.1. The Bertz CT molecular complexity index is 1440. The lowest BCUT2D eigenvalue weighted by Crippen LogP contribution is -2.27. The summed E-state index contributed by atoms with van der Waals surface area (Å²) < 4.78 is 25.9. The van der Waals surface area contributed by atoms with Crippen molar-refractivity contribution >= 4 is 73.5 Å². The second-order valence-electron chi connectivity index (χ2n) is 8.16. The number of amides is 2. The monoisotopic (exact) mass is 600 g/mol. The smallest absolute Gasteiger partial charge is 0.270 e. The van der Waals surface area contributed by atoms with Gasteiger partial charge >= 0.3 is 0 Å². The first-order chi connectivity index (χ1) is 17.7. The molecule has 3 aromatic rings. The Labute approximate surface area is 232 Å². The highest BCUT2D eigenvalue weighted by molar-refractivity contribution is 9.10. The third-order valence-corrected chi connectivity index (χ3v) is 7.52. The molecule has 4 rings (SSSR count). The maximum atomic E-state index is 13.7. The molecule has 1 heterocycles. The second kappa shape index (κ2) is 11.5. The lowest BCUT2D eigenvalue weighted by Gasteiger charge is -2.14. The summed E-state index contributed by atoms with van der Waals surface area (Å²) in [6.45, 7) is 3.75. The lowest BCUT2D eigenvalue weighted by atomic mass is 10.1. The summed E-state index contributed by atoms with van der Waals surface area (Å²) in [5.74, 6) is -0.341. The van der Waals surface area contributed by atoms with Crippen LogP contribution in [0.5, 0.6) is 11.5 Å². The van der Waals surface area contributed by atoms with Gasteiger partial charge in [0.15, 0.2) is 22.4 Å². The number of halogens is 2. The van der Waals surface area contributed by atoms with Gasteiger partial charge in [-0.05, 0) is 95.0 Å². The number of anilines is 2. The van der Waals surface area contributed by atoms with Gasteiger partial charge in [0.25, 0.3) is 11.8 Å². The zero-order valence-corrected chi connectivity index (χ0v) is 23.4. The topological polar surface area (TPSA) is 67.9 Å². The molecule has 0 bridgehead atoms. The van der Waals surface area contributed by atoms with E-state index in [4.69, 9.17) is 21.7 Å². The van der Waals surface area contributed by atoms with E-state index in [0.29, 0.717) is 37.7 Å². The van der Waals surface area contributed by atoms with E-state index >= 15 is 0 Å². The van der Waals surface area contributed by atoms with Crippen LogP contribution in [0.2, 0.25) is 0 Å². The minimum absolute atomic E-state index is 0.221. The fourth-order valence-electron chi connectivity index (χ4n) is 3.56. The molecule has 3 aromatic carbocycles. The van der Waals surface area contributed by atoms with E-state index in [-0.39, 0.29) is 18.4 Å². The Morgan fingerprint density at radius 3 is 2.62 bits per heavy atom. The van der Waals surface area contributed by atoms with E-state index in [0.717, 1.165) is 27.4 Å². The Balaban J connectivity index is 1.45. The molecule has 190 valence electrons. The third kappa shape index (κ3) is 6.20. The van der Waals surface area contributed by atoms with Gasteiger partial charge in [0.2, 0.25) is 0 Å². The number of hydrogen-bond donors (Lipinski definition) is 1. The molecule has 0 aromatic heterocycles. The third-order valence-electron chi connectivity index (χ3n) is 5.56. The van der Waals surface area contributed by atoms with Gasteiger partial charge < -0.3 is 14.8 Å². The van der Waals surface area contributed by atoms with E-state index in [1.165, 1.54) is 30.2 Å². The molecule has 1 fully saturated rings. The fourth-order valence-corrected chi connectivity index (χ4v) is 5.41. The van der Waals surface area contributed by atoms with Gasteiger partial charge in [-0.15, -0.1) is 0 Å². The molecule has 0 unspecified atom stereocenters. The first kappa shape index (κ1) is 26.8. The van der Waals surface area contributed by atoms with Crippen molar-refractivity contribution < 1.29 is 23.5 Å². The molecule has 2 amide bonds. The predicted molar refractivity (Wildman–Crippen MR) is 153 cm³/mol. The largest absolute Gasteiger partial charge is 0.493 e. The average Bonchev–Trinajstić information content (AvgIpc) is 3.13. The zero-order valence-electron chi connectivity index (χ0n) is 20.1. The summed E-state index contributed by atoms with van der Waals surface area (Å²) in [4.78, 5) is 27.1. The fraction of sp³-hybridized carbons (Fsp3) is 0.148. The van der Waals surface area contributed by atoms with E-state index in [1.807, 2.05) is 26.0 Å². The molecule has 1 N–H and O–H groups in total. The maximum absolute atomic E-state index is 13.7. The van der Waals surface area contributed by atoms with Crippen LogP contribution >= 0.6 is 39.9 Å². The summed E-state index contributed by atoms with van der Waals surface area (Å²) in [6.07, 6.45) is 1.68. The van der Waals surface area contributed by atoms with Crippen molar-refractivity contribution in [1.82, 2.24) is 0 Å². The van der Waals surface area contributed by atoms with Crippen molar-refractivity contribution in [3.05, 3.63) is 86.5 Å².